The summed E-state index contributed by atoms with van der Waals surface area (Å²) in [6, 6.07) is 14.6. The number of nitrogens with zero attached hydrogens (tertiary/aromatic N) is 1. The standard InChI is InChI=1S/C26H27NO5/c1-30-25-17-19(7-13-24(25)31-16-15-27)8-14-26(29)32-18-23(28)22-11-9-21(10-12-22)20-5-3-2-4-6-20/h7-14,17,20H,2-6,16,18H2,1H3/b14-8+. The fourth-order valence-electron chi connectivity index (χ4n) is 3.83. The summed E-state index contributed by atoms with van der Waals surface area (Å²) in [5, 5.41) is 8.62. The van der Waals surface area contributed by atoms with Gasteiger partial charge in [0.05, 0.1) is 7.11 Å². The number of benzene rings is 2. The number of Topliss-reactive ketones (excluding diaryl/α,β-unsaturated/α-hetero) is 1. The molecule has 0 unspecified atom stereocenters. The molecule has 0 N–H and O–H groups in total. The summed E-state index contributed by atoms with van der Waals surface area (Å²) in [6.07, 6.45) is 9.06. The Kier molecular flexibility index (Phi) is 8.44. The number of ketones is 1. The molecule has 2 aromatic carbocycles. The molecular weight excluding hydrogens is 406 g/mol. The van der Waals surface area contributed by atoms with E-state index >= 15 is 0 Å². The topological polar surface area (TPSA) is 85.6 Å². The van der Waals surface area contributed by atoms with Crippen LogP contribution in [0.5, 0.6) is 11.5 Å². The van der Waals surface area contributed by atoms with Crippen LogP contribution in [-0.4, -0.2) is 32.1 Å². The average Bonchev–Trinajstić information content (AvgIpc) is 2.85. The minimum Gasteiger partial charge on any atom is -0.493 e. The zero-order chi connectivity index (χ0) is 22.8. The van der Waals surface area contributed by atoms with Gasteiger partial charge in [0.15, 0.2) is 30.5 Å². The fraction of sp³-hybridized carbons (Fsp3) is 0.346. The molecule has 1 aliphatic rings. The molecular formula is C26H27NO5. The number of carbonyl (C=O) groups is 2. The summed E-state index contributed by atoms with van der Waals surface area (Å²) in [6.45, 7) is -0.397. The number of ether oxygens (including phenoxy) is 3. The molecule has 0 spiro atoms. The van der Waals surface area contributed by atoms with Gasteiger partial charge in [-0.1, -0.05) is 49.6 Å². The van der Waals surface area contributed by atoms with E-state index in [9.17, 15) is 9.59 Å². The molecule has 0 atom stereocenters. The third kappa shape index (κ3) is 6.45. The molecule has 32 heavy (non-hydrogen) atoms. The Morgan fingerprint density at radius 3 is 2.50 bits per heavy atom. The highest BCUT2D eigenvalue weighted by Gasteiger charge is 2.16. The van der Waals surface area contributed by atoms with Crippen molar-refractivity contribution in [2.75, 3.05) is 20.3 Å². The predicted octanol–water partition coefficient (Wildman–Crippen LogP) is 5.08. The van der Waals surface area contributed by atoms with Crippen molar-refractivity contribution in [1.82, 2.24) is 0 Å². The number of hydrogen-bond acceptors (Lipinski definition) is 6. The lowest BCUT2D eigenvalue weighted by molar-refractivity contribution is -0.136. The van der Waals surface area contributed by atoms with Crippen molar-refractivity contribution in [3.05, 3.63) is 65.2 Å². The summed E-state index contributed by atoms with van der Waals surface area (Å²) < 4.78 is 15.6. The van der Waals surface area contributed by atoms with Crippen LogP contribution in [0, 0.1) is 11.3 Å². The van der Waals surface area contributed by atoms with E-state index in [-0.39, 0.29) is 19.0 Å². The number of methoxy groups -OCH3 is 1. The molecule has 0 aliphatic heterocycles. The van der Waals surface area contributed by atoms with Crippen LogP contribution < -0.4 is 9.47 Å². The maximum Gasteiger partial charge on any atom is 0.331 e. The second-order valence-corrected chi connectivity index (χ2v) is 7.68. The van der Waals surface area contributed by atoms with Gasteiger partial charge in [-0.15, -0.1) is 0 Å². The van der Waals surface area contributed by atoms with Gasteiger partial charge in [-0.25, -0.2) is 4.79 Å². The largest absolute Gasteiger partial charge is 0.493 e. The zero-order valence-electron chi connectivity index (χ0n) is 18.2. The second-order valence-electron chi connectivity index (χ2n) is 7.68. The third-order valence-corrected chi connectivity index (χ3v) is 5.55. The van der Waals surface area contributed by atoms with Crippen molar-refractivity contribution in [2.45, 2.75) is 38.0 Å². The molecule has 2 aromatic rings. The van der Waals surface area contributed by atoms with Crippen molar-refractivity contribution >= 4 is 17.8 Å². The van der Waals surface area contributed by atoms with Crippen LogP contribution in [0.15, 0.2) is 48.5 Å². The lowest BCUT2D eigenvalue weighted by Gasteiger charge is -2.22. The summed E-state index contributed by atoms with van der Waals surface area (Å²) in [5.41, 5.74) is 2.51. The van der Waals surface area contributed by atoms with Crippen LogP contribution >= 0.6 is 0 Å². The molecule has 0 heterocycles. The van der Waals surface area contributed by atoms with Crippen LogP contribution in [0.3, 0.4) is 0 Å². The van der Waals surface area contributed by atoms with E-state index in [0.29, 0.717) is 28.5 Å². The van der Waals surface area contributed by atoms with E-state index in [1.165, 1.54) is 50.9 Å². The number of rotatable bonds is 9. The Morgan fingerprint density at radius 1 is 1.06 bits per heavy atom. The number of hydrogen-bond donors (Lipinski definition) is 0. The molecule has 0 bridgehead atoms. The highest BCUT2D eigenvalue weighted by atomic mass is 16.5. The molecule has 1 fully saturated rings. The van der Waals surface area contributed by atoms with Gasteiger partial charge in [-0.2, -0.15) is 5.26 Å². The van der Waals surface area contributed by atoms with Crippen LogP contribution in [-0.2, 0) is 9.53 Å². The Balaban J connectivity index is 1.51. The highest BCUT2D eigenvalue weighted by Crippen LogP contribution is 2.32. The molecule has 6 nitrogen and oxygen atoms in total. The number of nitriles is 1. The maximum absolute atomic E-state index is 12.4. The Hall–Kier alpha value is -3.59. The van der Waals surface area contributed by atoms with Crippen molar-refractivity contribution in [3.63, 3.8) is 0 Å². The van der Waals surface area contributed by atoms with Gasteiger partial charge in [0.1, 0.15) is 6.07 Å². The van der Waals surface area contributed by atoms with Gasteiger partial charge >= 0.3 is 5.97 Å². The third-order valence-electron chi connectivity index (χ3n) is 5.55. The van der Waals surface area contributed by atoms with Crippen molar-refractivity contribution in [3.8, 4) is 17.6 Å². The number of esters is 1. The molecule has 1 saturated carbocycles. The molecule has 1 aliphatic carbocycles. The average molecular weight is 434 g/mol. The summed E-state index contributed by atoms with van der Waals surface area (Å²) in [4.78, 5) is 24.4. The maximum atomic E-state index is 12.4. The van der Waals surface area contributed by atoms with Gasteiger partial charge in [-0.05, 0) is 48.1 Å². The van der Waals surface area contributed by atoms with E-state index < -0.39 is 5.97 Å². The van der Waals surface area contributed by atoms with E-state index in [4.69, 9.17) is 19.5 Å². The number of carbonyl (C=O) groups excluding carboxylic acids is 2. The van der Waals surface area contributed by atoms with Crippen LogP contribution in [0.2, 0.25) is 0 Å². The lowest BCUT2D eigenvalue weighted by atomic mass is 9.84. The smallest absolute Gasteiger partial charge is 0.331 e. The van der Waals surface area contributed by atoms with Gasteiger partial charge in [0, 0.05) is 11.6 Å². The van der Waals surface area contributed by atoms with Gasteiger partial charge < -0.3 is 14.2 Å². The Labute approximate surface area is 188 Å². The summed E-state index contributed by atoms with van der Waals surface area (Å²) in [5.74, 6) is 0.626. The van der Waals surface area contributed by atoms with Crippen molar-refractivity contribution < 1.29 is 23.8 Å². The molecule has 6 heteroatoms. The van der Waals surface area contributed by atoms with Crippen molar-refractivity contribution in [1.29, 1.82) is 5.26 Å². The van der Waals surface area contributed by atoms with Crippen molar-refractivity contribution in [2.24, 2.45) is 0 Å². The quantitative estimate of drug-likeness (QED) is 0.311. The fourth-order valence-corrected chi connectivity index (χ4v) is 3.83. The normalized spacial score (nSPS) is 14.0. The van der Waals surface area contributed by atoms with E-state index in [2.05, 4.69) is 0 Å². The predicted molar refractivity (Wildman–Crippen MR) is 121 cm³/mol. The first-order chi connectivity index (χ1) is 15.6. The second kappa shape index (κ2) is 11.7. The first kappa shape index (κ1) is 23.1. The lowest BCUT2D eigenvalue weighted by Crippen LogP contribution is -2.13. The molecule has 3 rings (SSSR count). The Bertz CT molecular complexity index is 998. The monoisotopic (exact) mass is 433 g/mol. The molecule has 0 aromatic heterocycles. The van der Waals surface area contributed by atoms with E-state index in [1.807, 2.05) is 30.3 Å². The zero-order valence-corrected chi connectivity index (χ0v) is 18.2. The van der Waals surface area contributed by atoms with Crippen LogP contribution in [0.25, 0.3) is 6.08 Å². The highest BCUT2D eigenvalue weighted by molar-refractivity contribution is 5.98. The first-order valence-electron chi connectivity index (χ1n) is 10.8. The molecule has 0 amide bonds. The minimum absolute atomic E-state index is 0.0881. The minimum atomic E-state index is -0.610. The van der Waals surface area contributed by atoms with E-state index in [0.717, 1.165) is 0 Å². The summed E-state index contributed by atoms with van der Waals surface area (Å²) in [7, 11) is 1.49. The van der Waals surface area contributed by atoms with Crippen LogP contribution in [0.4, 0.5) is 0 Å². The van der Waals surface area contributed by atoms with Gasteiger partial charge in [-0.3, -0.25) is 4.79 Å². The SMILES string of the molecule is COc1cc(/C=C/C(=O)OCC(=O)c2ccc(C3CCCCC3)cc2)ccc1OCC#N. The van der Waals surface area contributed by atoms with Gasteiger partial charge in [0.25, 0.3) is 0 Å². The first-order valence-corrected chi connectivity index (χ1v) is 10.8. The summed E-state index contributed by atoms with van der Waals surface area (Å²) >= 11 is 0. The molecule has 0 radical (unpaired) electrons. The Morgan fingerprint density at radius 2 is 1.81 bits per heavy atom. The van der Waals surface area contributed by atoms with Gasteiger partial charge in [0.2, 0.25) is 0 Å². The molecule has 166 valence electrons. The van der Waals surface area contributed by atoms with E-state index in [1.54, 1.807) is 24.3 Å². The molecule has 0 saturated heterocycles. The van der Waals surface area contributed by atoms with Crippen LogP contribution in [0.1, 0.15) is 59.5 Å².